The smallest absolute Gasteiger partial charge is 0.364 e. The highest BCUT2D eigenvalue weighted by atomic mass is 16.8. The molecule has 0 aromatic rings. The van der Waals surface area contributed by atoms with Crippen LogP contribution in [0.1, 0.15) is 48.0 Å². The molecular weight excluding hydrogens is 1530 g/mol. The van der Waals surface area contributed by atoms with Crippen molar-refractivity contribution in [1.82, 2.24) is 16.0 Å². The Bertz CT molecular complexity index is 3020. The van der Waals surface area contributed by atoms with Crippen molar-refractivity contribution in [2.75, 3.05) is 39.6 Å². The maximum Gasteiger partial charge on any atom is 0.364 e. The van der Waals surface area contributed by atoms with Gasteiger partial charge in [-0.2, -0.15) is 0 Å². The summed E-state index contributed by atoms with van der Waals surface area (Å²) >= 11 is 0. The minimum Gasteiger partial charge on any atom is -0.477 e. The van der Waals surface area contributed by atoms with Gasteiger partial charge in [0.15, 0.2) is 50.3 Å². The molecule has 28 N–H and O–H groups in total. The fourth-order valence-electron chi connectivity index (χ4n) is 14.5. The molecule has 9 rings (SSSR count). The van der Waals surface area contributed by atoms with E-state index in [9.17, 15) is 147 Å². The van der Waals surface area contributed by atoms with E-state index in [1.165, 1.54) is 20.8 Å². The highest BCUT2D eigenvalue weighted by Crippen LogP contribution is 2.44. The lowest BCUT2D eigenvalue weighted by atomic mass is 9.89. The first-order valence-corrected chi connectivity index (χ1v) is 35.8. The molecule has 9 fully saturated rings. The van der Waals surface area contributed by atoms with Crippen LogP contribution in [0.25, 0.3) is 0 Å². The second-order valence-electron chi connectivity index (χ2n) is 28.8. The number of hydrogen-bond acceptors (Lipinski definition) is 45. The number of amides is 3. The van der Waals surface area contributed by atoms with Crippen molar-refractivity contribution in [2.45, 2.75) is 330 Å². The lowest BCUT2D eigenvalue weighted by Gasteiger charge is -2.52. The molecule has 0 aliphatic carbocycles. The zero-order valence-electron chi connectivity index (χ0n) is 60.7. The van der Waals surface area contributed by atoms with Crippen LogP contribution in [0.3, 0.4) is 0 Å². The van der Waals surface area contributed by atoms with Gasteiger partial charge >= 0.3 is 5.97 Å². The number of hydrogen-bond donors (Lipinski definition) is 28. The molecule has 49 heteroatoms. The largest absolute Gasteiger partial charge is 0.477 e. The van der Waals surface area contributed by atoms with E-state index in [0.717, 1.165) is 20.8 Å². The molecule has 0 saturated carbocycles. The zero-order valence-corrected chi connectivity index (χ0v) is 60.7. The van der Waals surface area contributed by atoms with E-state index in [1.54, 1.807) is 0 Å². The number of carbonyl (C=O) groups excluding carboxylic acids is 3. The Kier molecular flexibility index (Phi) is 32.1. The lowest BCUT2D eigenvalue weighted by Crippen LogP contribution is -2.71. The van der Waals surface area contributed by atoms with Crippen LogP contribution >= 0.6 is 0 Å². The van der Waals surface area contributed by atoms with Crippen LogP contribution in [0.5, 0.6) is 0 Å². The van der Waals surface area contributed by atoms with Crippen LogP contribution in [-0.2, 0) is 99.7 Å². The molecule has 46 atom stereocenters. The Morgan fingerprint density at radius 3 is 1.28 bits per heavy atom. The highest BCUT2D eigenvalue weighted by Gasteiger charge is 2.64. The SMILES string of the molecule is CC(=O)N[C@H]1[C@H](OC[C@H]2OC(O)[C@H](NC(C)=O)[C@@H](O[C@@H]3O[C@H](CO)[C@H](O)[C@H](O[C@]4(C(=O)O)C[C@H](O[C@@H]5O[C@@H](C)[C@@H](O)[C@@H](O)[C@@H]5O)[C@@H](O[C@@H]5O[C@@H](C)[C@@H](O)[C@@H](O)[C@@H]5O)[C@H]([C@H](O)[C@H](O)CO)O4)[C@H]3O)[C@H]2O)O[C@H](CO)[C@@H](O[C@@H]2O[C@H](CO)[C@H](O)[C@H](O[C@H]3O[C@H](CO)[C@H](O)[C@H](O)[C@H]3NC(C)=O)[C@H]2O[C@@H]2O[C@@H](C)[C@@H](O)[C@@H](O)[C@@H]2O)[C@@H]1O. The highest BCUT2D eigenvalue weighted by molar-refractivity contribution is 5.76. The molecule has 0 aromatic carbocycles. The van der Waals surface area contributed by atoms with Crippen LogP contribution in [0, 0.1) is 0 Å². The van der Waals surface area contributed by atoms with Gasteiger partial charge in [0.2, 0.25) is 17.7 Å². The number of carboxylic acids is 1. The van der Waals surface area contributed by atoms with Crippen LogP contribution in [0.2, 0.25) is 0 Å². The predicted molar refractivity (Wildman–Crippen MR) is 345 cm³/mol. The van der Waals surface area contributed by atoms with Gasteiger partial charge in [0, 0.05) is 27.2 Å². The number of carboxylic acid groups (broad SMARTS) is 1. The molecule has 9 aliphatic rings. The Balaban J connectivity index is 0.989. The summed E-state index contributed by atoms with van der Waals surface area (Å²) in [5, 5.41) is 285. The van der Waals surface area contributed by atoms with Gasteiger partial charge in [-0.3, -0.25) is 14.4 Å². The number of nitrogens with one attached hydrogen (secondary N) is 3. The standard InChI is InChI=1S/C63H105N3O46/c1-14-30(76)40(86)43(89)57(97-14)101-21-7-63(62(94)95,112-52(33(79)20(75)8-67)48(21)107-58-44(90)41(87)31(77)15(2)98-58)111-50-35(81)23(10-69)103-60(46(50)92)108-49-29(66-19(6)74)54(93)100-26(37(49)83)13-96-55-28(65-18(5)73)39(85)47(25(12-71)105-55)106-61-53(110-59-45(91)42(88)32(78)16(3)99-59)51(36(82)24(11-70)104-61)109-56-27(64-17(4)72)38(84)34(80)22(9-68)102-56/h14-16,20-61,67-71,75-93H,7-13H2,1-6H3,(H,64,72)(H,65,73)(H,66,74)(H,94,95)/t14-,15-,16-,20+,21-,22+,23+,24+,25+,26+,27+,28+,29+,30+,31+,32+,33+,34-,35-,36-,37-,38+,39+,40+,41+,42+,43-,44-,45-,46+,47+,48+,49+,50-,51-,52-,53+,54?,55+,56+,57-,58-,59-,60-,61-,63+/m0/s1. The van der Waals surface area contributed by atoms with Crippen molar-refractivity contribution in [2.24, 2.45) is 0 Å². The van der Waals surface area contributed by atoms with E-state index in [-0.39, 0.29) is 0 Å². The van der Waals surface area contributed by atoms with Crippen LogP contribution < -0.4 is 16.0 Å². The van der Waals surface area contributed by atoms with Crippen molar-refractivity contribution in [3.05, 3.63) is 0 Å². The minimum atomic E-state index is -3.54. The summed E-state index contributed by atoms with van der Waals surface area (Å²) in [4.78, 5) is 52.4. The Labute approximate surface area is 634 Å². The summed E-state index contributed by atoms with van der Waals surface area (Å²) in [6.07, 6.45) is -88.4. The number of aliphatic hydroxyl groups is 24. The van der Waals surface area contributed by atoms with Crippen LogP contribution in [-0.4, -0.2) is 473 Å². The van der Waals surface area contributed by atoms with Gasteiger partial charge in [0.25, 0.3) is 5.79 Å². The Morgan fingerprint density at radius 2 is 0.786 bits per heavy atom. The van der Waals surface area contributed by atoms with Gasteiger partial charge in [0.05, 0.1) is 64.1 Å². The lowest BCUT2D eigenvalue weighted by molar-refractivity contribution is -0.408. The number of ether oxygens (including phenoxy) is 17. The molecule has 0 spiro atoms. The third-order valence-electron chi connectivity index (χ3n) is 20.8. The Morgan fingerprint density at radius 1 is 0.384 bits per heavy atom. The van der Waals surface area contributed by atoms with E-state index in [0.29, 0.717) is 0 Å². The summed E-state index contributed by atoms with van der Waals surface area (Å²) in [6, 6.07) is -5.60. The summed E-state index contributed by atoms with van der Waals surface area (Å²) < 4.78 is 101. The van der Waals surface area contributed by atoms with Gasteiger partial charge in [0.1, 0.15) is 201 Å². The molecule has 0 radical (unpaired) electrons. The Hall–Kier alpha value is -3.76. The number of rotatable bonds is 28. The van der Waals surface area contributed by atoms with Gasteiger partial charge in [-0.15, -0.1) is 0 Å². The number of aliphatic hydroxyl groups excluding tert-OH is 24. The molecule has 1 unspecified atom stereocenters. The van der Waals surface area contributed by atoms with Crippen molar-refractivity contribution in [3.8, 4) is 0 Å². The monoisotopic (exact) mass is 1640 g/mol. The molecular formula is C63H105N3O46. The van der Waals surface area contributed by atoms with E-state index < -0.39 is 352 Å². The molecule has 3 amide bonds. The van der Waals surface area contributed by atoms with E-state index in [4.69, 9.17) is 80.5 Å². The van der Waals surface area contributed by atoms with E-state index in [1.807, 2.05) is 0 Å². The first kappa shape index (κ1) is 92.1. The molecule has 0 aromatic heterocycles. The van der Waals surface area contributed by atoms with Crippen molar-refractivity contribution in [3.63, 3.8) is 0 Å². The molecule has 9 saturated heterocycles. The molecule has 9 heterocycles. The van der Waals surface area contributed by atoms with E-state index >= 15 is 0 Å². The van der Waals surface area contributed by atoms with Gasteiger partial charge in [-0.1, -0.05) is 0 Å². The normalized spacial score (nSPS) is 49.5. The molecule has 648 valence electrons. The maximum absolute atomic E-state index is 14.0. The van der Waals surface area contributed by atoms with Crippen LogP contribution in [0.15, 0.2) is 0 Å². The molecule has 9 aliphatic heterocycles. The number of carbonyl (C=O) groups is 4. The molecule has 112 heavy (non-hydrogen) atoms. The third kappa shape index (κ3) is 19.7. The molecule has 49 nitrogen and oxygen atoms in total. The van der Waals surface area contributed by atoms with Crippen molar-refractivity contribution < 1.29 is 227 Å². The second kappa shape index (κ2) is 39.0. The minimum absolute atomic E-state index is 0.836. The zero-order chi connectivity index (χ0) is 82.9. The second-order valence-corrected chi connectivity index (χ2v) is 28.8. The molecule has 0 bridgehead atoms. The predicted octanol–water partition coefficient (Wildman–Crippen LogP) is -17.9. The fraction of sp³-hybridized carbons (Fsp3) is 0.937. The van der Waals surface area contributed by atoms with Crippen molar-refractivity contribution >= 4 is 23.7 Å². The topological polar surface area (TPSA) is 767 Å². The first-order chi connectivity index (χ1) is 52.7. The summed E-state index contributed by atoms with van der Waals surface area (Å²) in [6.45, 7) is -0.393. The summed E-state index contributed by atoms with van der Waals surface area (Å²) in [5.41, 5.74) is 0. The first-order valence-electron chi connectivity index (χ1n) is 35.8. The maximum atomic E-state index is 14.0. The van der Waals surface area contributed by atoms with Crippen LogP contribution in [0.4, 0.5) is 0 Å². The van der Waals surface area contributed by atoms with Gasteiger partial charge in [-0.05, 0) is 20.8 Å². The van der Waals surface area contributed by atoms with Crippen molar-refractivity contribution in [1.29, 1.82) is 0 Å². The quantitative estimate of drug-likeness (QED) is 0.0346. The van der Waals surface area contributed by atoms with Gasteiger partial charge in [-0.25, -0.2) is 4.79 Å². The van der Waals surface area contributed by atoms with Gasteiger partial charge < -0.3 is 224 Å². The number of aliphatic carboxylic acids is 1. The average Bonchev–Trinajstić information content (AvgIpc) is 0.742. The summed E-state index contributed by atoms with van der Waals surface area (Å²) in [5.74, 6) is -8.54. The fourth-order valence-corrected chi connectivity index (χ4v) is 14.5. The van der Waals surface area contributed by atoms with E-state index in [2.05, 4.69) is 16.0 Å². The summed E-state index contributed by atoms with van der Waals surface area (Å²) in [7, 11) is 0. The third-order valence-corrected chi connectivity index (χ3v) is 20.8. The average molecular weight is 1640 g/mol.